The second-order valence-corrected chi connectivity index (χ2v) is 5.39. The lowest BCUT2D eigenvalue weighted by Crippen LogP contribution is -2.50. The third kappa shape index (κ3) is 3.17. The van der Waals surface area contributed by atoms with Crippen LogP contribution in [0.1, 0.15) is 11.1 Å². The number of fused-ring (bicyclic) bond motifs is 1. The molecule has 1 aromatic rings. The number of hydrogen-bond donors (Lipinski definition) is 1. The van der Waals surface area contributed by atoms with E-state index in [1.54, 1.807) is 21.1 Å². The number of likely N-dealkylation sites (N-methyl/N-ethyl adjacent to an activating group) is 2. The molecule has 2 amide bonds. The Hall–Kier alpha value is -1.88. The fourth-order valence-electron chi connectivity index (χ4n) is 2.32. The summed E-state index contributed by atoms with van der Waals surface area (Å²) in [7, 11) is 5.05. The van der Waals surface area contributed by atoms with Crippen molar-refractivity contribution in [3.63, 3.8) is 0 Å². The van der Waals surface area contributed by atoms with Gasteiger partial charge in [-0.15, -0.1) is 0 Å². The molecule has 0 bridgehead atoms. The fraction of sp³-hybridized carbons (Fsp3) is 0.467. The maximum Gasteiger partial charge on any atom is 0.241 e. The van der Waals surface area contributed by atoms with Crippen LogP contribution in [0, 0.1) is 0 Å². The van der Waals surface area contributed by atoms with E-state index in [2.05, 4.69) is 17.4 Å². The predicted molar refractivity (Wildman–Crippen MR) is 77.1 cm³/mol. The second-order valence-electron chi connectivity index (χ2n) is 5.39. The molecule has 1 aliphatic heterocycles. The molecule has 5 heteroatoms. The smallest absolute Gasteiger partial charge is 0.241 e. The van der Waals surface area contributed by atoms with Crippen molar-refractivity contribution < 1.29 is 9.59 Å². The third-order valence-electron chi connectivity index (χ3n) is 3.63. The van der Waals surface area contributed by atoms with E-state index in [4.69, 9.17) is 0 Å². The zero-order valence-electron chi connectivity index (χ0n) is 12.2. The molecule has 1 atom stereocenters. The molecule has 0 unspecified atom stereocenters. The maximum absolute atomic E-state index is 12.4. The largest absolute Gasteiger partial charge is 0.347 e. The fourth-order valence-corrected chi connectivity index (χ4v) is 2.32. The Morgan fingerprint density at radius 2 is 1.85 bits per heavy atom. The van der Waals surface area contributed by atoms with Gasteiger partial charge in [0.1, 0.15) is 0 Å². The van der Waals surface area contributed by atoms with Crippen LogP contribution in [0.2, 0.25) is 0 Å². The molecule has 0 aromatic heterocycles. The van der Waals surface area contributed by atoms with Crippen molar-refractivity contribution >= 4 is 11.8 Å². The van der Waals surface area contributed by atoms with Crippen LogP contribution in [0.3, 0.4) is 0 Å². The number of nitrogens with one attached hydrogen (secondary N) is 1. The summed E-state index contributed by atoms with van der Waals surface area (Å²) in [4.78, 5) is 27.0. The molecule has 0 saturated heterocycles. The summed E-state index contributed by atoms with van der Waals surface area (Å²) in [6.07, 6.45) is 0.676. The van der Waals surface area contributed by atoms with Gasteiger partial charge in [0.05, 0.1) is 12.6 Å². The van der Waals surface area contributed by atoms with E-state index in [9.17, 15) is 9.59 Å². The highest BCUT2D eigenvalue weighted by Gasteiger charge is 2.27. The van der Waals surface area contributed by atoms with Gasteiger partial charge in [-0.1, -0.05) is 24.3 Å². The van der Waals surface area contributed by atoms with E-state index in [-0.39, 0.29) is 24.4 Å². The average Bonchev–Trinajstić information content (AvgIpc) is 2.45. The summed E-state index contributed by atoms with van der Waals surface area (Å²) >= 11 is 0. The third-order valence-corrected chi connectivity index (χ3v) is 3.63. The molecule has 108 valence electrons. The predicted octanol–water partition coefficient (Wildman–Crippen LogP) is 0.248. The van der Waals surface area contributed by atoms with Gasteiger partial charge >= 0.3 is 0 Å². The van der Waals surface area contributed by atoms with Crippen LogP contribution in [-0.2, 0) is 22.6 Å². The van der Waals surface area contributed by atoms with Gasteiger partial charge in [-0.3, -0.25) is 9.59 Å². The summed E-state index contributed by atoms with van der Waals surface area (Å²) in [6.45, 7) is 0.813. The molecule has 0 aliphatic carbocycles. The first-order valence-electron chi connectivity index (χ1n) is 6.74. The first-order valence-corrected chi connectivity index (χ1v) is 6.74. The van der Waals surface area contributed by atoms with Crippen LogP contribution in [0.4, 0.5) is 0 Å². The van der Waals surface area contributed by atoms with Crippen LogP contribution < -0.4 is 5.32 Å². The molecule has 1 aliphatic rings. The van der Waals surface area contributed by atoms with Crippen LogP contribution in [-0.4, -0.2) is 55.3 Å². The zero-order chi connectivity index (χ0) is 14.7. The highest BCUT2D eigenvalue weighted by Crippen LogP contribution is 2.17. The van der Waals surface area contributed by atoms with Crippen LogP contribution in [0.25, 0.3) is 0 Å². The van der Waals surface area contributed by atoms with E-state index in [1.807, 2.05) is 12.1 Å². The summed E-state index contributed by atoms with van der Waals surface area (Å²) in [5, 5.41) is 3.24. The second kappa shape index (κ2) is 6.05. The first-order chi connectivity index (χ1) is 9.49. The molecule has 5 nitrogen and oxygen atoms in total. The molecular weight excluding hydrogens is 254 g/mol. The number of carbonyl (C=O) groups excluding carboxylic acids is 2. The van der Waals surface area contributed by atoms with Gasteiger partial charge in [0.2, 0.25) is 11.8 Å². The summed E-state index contributed by atoms with van der Waals surface area (Å²) in [5.41, 5.74) is 2.44. The van der Waals surface area contributed by atoms with E-state index < -0.39 is 0 Å². The summed E-state index contributed by atoms with van der Waals surface area (Å²) < 4.78 is 0. The van der Waals surface area contributed by atoms with Gasteiger partial charge in [0.25, 0.3) is 0 Å². The normalized spacial score (nSPS) is 17.2. The average molecular weight is 275 g/mol. The van der Waals surface area contributed by atoms with Gasteiger partial charge in [0, 0.05) is 27.7 Å². The van der Waals surface area contributed by atoms with Crippen molar-refractivity contribution in [1.29, 1.82) is 0 Å². The molecule has 1 aromatic carbocycles. The van der Waals surface area contributed by atoms with Gasteiger partial charge in [-0.2, -0.15) is 0 Å². The molecule has 0 fully saturated rings. The van der Waals surface area contributed by atoms with E-state index >= 15 is 0 Å². The minimum absolute atomic E-state index is 0.0327. The Bertz CT molecular complexity index is 514. The monoisotopic (exact) mass is 275 g/mol. The molecule has 0 radical (unpaired) electrons. The van der Waals surface area contributed by atoms with Crippen LogP contribution in [0.15, 0.2) is 24.3 Å². The van der Waals surface area contributed by atoms with Gasteiger partial charge < -0.3 is 15.1 Å². The van der Waals surface area contributed by atoms with E-state index in [1.165, 1.54) is 20.9 Å². The Labute approximate surface area is 119 Å². The SMILES string of the molecule is CN(C)C(=O)CN(C)C(=O)[C@@H]1Cc2ccccc2CN1. The van der Waals surface area contributed by atoms with Crippen LogP contribution in [0.5, 0.6) is 0 Å². The Kier molecular flexibility index (Phi) is 4.39. The van der Waals surface area contributed by atoms with Crippen LogP contribution >= 0.6 is 0 Å². The summed E-state index contributed by atoms with van der Waals surface area (Å²) in [5.74, 6) is -0.105. The van der Waals surface area contributed by atoms with E-state index in [0.717, 1.165) is 0 Å². The number of hydrogen-bond acceptors (Lipinski definition) is 3. The molecule has 0 saturated carbocycles. The molecular formula is C15H21N3O2. The van der Waals surface area contributed by atoms with Gasteiger partial charge in [-0.05, 0) is 17.5 Å². The first kappa shape index (κ1) is 14.5. The van der Waals surface area contributed by atoms with Gasteiger partial charge in [0.15, 0.2) is 0 Å². The highest BCUT2D eigenvalue weighted by atomic mass is 16.2. The molecule has 1 heterocycles. The lowest BCUT2D eigenvalue weighted by atomic mass is 9.95. The molecule has 20 heavy (non-hydrogen) atoms. The highest BCUT2D eigenvalue weighted by molar-refractivity contribution is 5.87. The van der Waals surface area contributed by atoms with Crippen molar-refractivity contribution in [2.45, 2.75) is 19.0 Å². The lowest BCUT2D eigenvalue weighted by molar-refractivity contribution is -0.139. The number of carbonyl (C=O) groups is 2. The van der Waals surface area contributed by atoms with E-state index in [0.29, 0.717) is 13.0 Å². The van der Waals surface area contributed by atoms with Crippen molar-refractivity contribution in [2.75, 3.05) is 27.7 Å². The Morgan fingerprint density at radius 1 is 1.20 bits per heavy atom. The topological polar surface area (TPSA) is 52.7 Å². The van der Waals surface area contributed by atoms with Crippen molar-refractivity contribution in [2.24, 2.45) is 0 Å². The number of nitrogens with zero attached hydrogens (tertiary/aromatic N) is 2. The molecule has 2 rings (SSSR count). The Morgan fingerprint density at radius 3 is 2.50 bits per heavy atom. The standard InChI is InChI=1S/C15H21N3O2/c1-17(2)14(19)10-18(3)15(20)13-8-11-6-4-5-7-12(11)9-16-13/h4-7,13,16H,8-10H2,1-3H3/t13-/m0/s1. The lowest BCUT2D eigenvalue weighted by Gasteiger charge is -2.29. The van der Waals surface area contributed by atoms with Crippen molar-refractivity contribution in [1.82, 2.24) is 15.1 Å². The Balaban J connectivity index is 1.99. The van der Waals surface area contributed by atoms with Crippen molar-refractivity contribution in [3.05, 3.63) is 35.4 Å². The van der Waals surface area contributed by atoms with Gasteiger partial charge in [-0.25, -0.2) is 0 Å². The van der Waals surface area contributed by atoms with Crippen molar-refractivity contribution in [3.8, 4) is 0 Å². The minimum atomic E-state index is -0.245. The maximum atomic E-state index is 12.4. The number of rotatable bonds is 3. The summed E-state index contributed by atoms with van der Waals surface area (Å²) in [6, 6.07) is 7.88. The number of amides is 2. The minimum Gasteiger partial charge on any atom is -0.347 e. The molecule has 0 spiro atoms. The quantitative estimate of drug-likeness (QED) is 0.860. The molecule has 1 N–H and O–H groups in total. The zero-order valence-corrected chi connectivity index (χ0v) is 12.2. The number of benzene rings is 1.